The molecule has 1 N–H and O–H groups in total. The van der Waals surface area contributed by atoms with Crippen LogP contribution < -0.4 is 4.90 Å². The summed E-state index contributed by atoms with van der Waals surface area (Å²) in [5.74, 6) is -2.68. The molecule has 1 amide bonds. The zero-order valence-corrected chi connectivity index (χ0v) is 24.0. The molecule has 0 fully saturated rings. The molecule has 3 heterocycles. The molecule has 0 aliphatic carbocycles. The first-order valence-corrected chi connectivity index (χ1v) is 13.3. The van der Waals surface area contributed by atoms with E-state index in [0.717, 1.165) is 31.9 Å². The number of ether oxygens (including phenoxy) is 1. The number of pyridine rings is 2. The lowest BCUT2D eigenvalue weighted by molar-refractivity contribution is -0.243. The maximum absolute atomic E-state index is 13.5. The monoisotopic (exact) mass is 595 g/mol. The molecule has 3 rings (SSSR count). The van der Waals surface area contributed by atoms with E-state index in [4.69, 9.17) is 4.74 Å². The third-order valence-corrected chi connectivity index (χ3v) is 6.53. The first-order chi connectivity index (χ1) is 19.4. The van der Waals surface area contributed by atoms with E-state index in [1.54, 1.807) is 19.9 Å². The summed E-state index contributed by atoms with van der Waals surface area (Å²) in [6.07, 6.45) is 1.43. The number of carbonyl (C=O) groups excluding carboxylic acids is 1. The Kier molecular flexibility index (Phi) is 9.86. The number of nitrogens with zero attached hydrogens (tertiary/aromatic N) is 5. The molecule has 0 aromatic carbocycles. The highest BCUT2D eigenvalue weighted by Crippen LogP contribution is 2.34. The highest BCUT2D eigenvalue weighted by atomic mass is 19.4. The van der Waals surface area contributed by atoms with E-state index in [-0.39, 0.29) is 23.8 Å². The summed E-state index contributed by atoms with van der Waals surface area (Å²) in [5.41, 5.74) is -2.54. The lowest BCUT2D eigenvalue weighted by Gasteiger charge is -2.31. The van der Waals surface area contributed by atoms with E-state index < -0.39 is 29.4 Å². The molecule has 0 aliphatic heterocycles. The number of rotatable bonds is 11. The van der Waals surface area contributed by atoms with E-state index >= 15 is 0 Å². The van der Waals surface area contributed by atoms with Gasteiger partial charge in [-0.3, -0.25) is 9.88 Å². The van der Waals surface area contributed by atoms with E-state index in [1.165, 1.54) is 36.8 Å². The first kappa shape index (κ1) is 32.8. The van der Waals surface area contributed by atoms with Crippen LogP contribution in [-0.4, -0.2) is 49.5 Å². The minimum atomic E-state index is -4.80. The third-order valence-electron chi connectivity index (χ3n) is 6.53. The Bertz CT molecular complexity index is 1340. The zero-order chi connectivity index (χ0) is 31.3. The van der Waals surface area contributed by atoms with Crippen molar-refractivity contribution in [3.05, 3.63) is 65.9 Å². The number of aromatic nitrogens is 4. The van der Waals surface area contributed by atoms with Crippen molar-refractivity contribution in [2.75, 3.05) is 11.4 Å². The lowest BCUT2D eigenvalue weighted by atomic mass is 10.0. The van der Waals surface area contributed by atoms with Gasteiger partial charge in [-0.25, -0.2) is 28.5 Å². The highest BCUT2D eigenvalue weighted by Gasteiger charge is 2.51. The van der Waals surface area contributed by atoms with Gasteiger partial charge >= 0.3 is 12.3 Å². The predicted octanol–water partition coefficient (Wildman–Crippen LogP) is 6.97. The second-order valence-electron chi connectivity index (χ2n) is 11.0. The second kappa shape index (κ2) is 12.6. The van der Waals surface area contributed by atoms with Crippen LogP contribution in [-0.2, 0) is 22.7 Å². The molecule has 0 radical (unpaired) electrons. The maximum atomic E-state index is 13.5. The largest absolute Gasteiger partial charge is 0.433 e. The van der Waals surface area contributed by atoms with E-state index in [2.05, 4.69) is 19.9 Å². The summed E-state index contributed by atoms with van der Waals surface area (Å²) in [4.78, 5) is 30.8. The molecule has 0 atom stereocenters. The minimum absolute atomic E-state index is 0.00383. The van der Waals surface area contributed by atoms with Gasteiger partial charge in [-0.15, -0.1) is 0 Å². The normalized spacial score (nSPS) is 12.7. The van der Waals surface area contributed by atoms with Gasteiger partial charge in [0, 0.05) is 60.6 Å². The molecule has 0 spiro atoms. The molecule has 228 valence electrons. The standard InChI is InChI=1S/C29H34F5N5O3/c1-26(2,41)21-17-37-24(38-18-21)19-12-13-35-23(15-19)39(25(40)42-27(3,4)29(32,33)34)14-8-6-7-9-22-11-10-20(16-36-22)28(5,30)31/h10-13,15-18,41H,6-9,14H2,1-5H3. The van der Waals surface area contributed by atoms with Gasteiger partial charge in [0.1, 0.15) is 5.82 Å². The van der Waals surface area contributed by atoms with Crippen molar-refractivity contribution in [1.82, 2.24) is 19.9 Å². The van der Waals surface area contributed by atoms with Crippen LogP contribution in [0.5, 0.6) is 0 Å². The summed E-state index contributed by atoms with van der Waals surface area (Å²) in [7, 11) is 0. The highest BCUT2D eigenvalue weighted by molar-refractivity contribution is 5.87. The van der Waals surface area contributed by atoms with Crippen LogP contribution in [0.3, 0.4) is 0 Å². The predicted molar refractivity (Wildman–Crippen MR) is 146 cm³/mol. The van der Waals surface area contributed by atoms with Crippen LogP contribution in [0, 0.1) is 0 Å². The van der Waals surface area contributed by atoms with Crippen LogP contribution >= 0.6 is 0 Å². The number of aryl methyl sites for hydroxylation is 1. The Balaban J connectivity index is 1.75. The van der Waals surface area contributed by atoms with Crippen molar-refractivity contribution in [2.24, 2.45) is 0 Å². The number of aliphatic hydroxyl groups is 1. The number of alkyl halides is 5. The number of anilines is 1. The summed E-state index contributed by atoms with van der Waals surface area (Å²) in [5, 5.41) is 10.1. The molecular weight excluding hydrogens is 561 g/mol. The van der Waals surface area contributed by atoms with Crippen molar-refractivity contribution in [2.45, 2.75) is 83.6 Å². The quantitative estimate of drug-likeness (QED) is 0.189. The average molecular weight is 596 g/mol. The fourth-order valence-electron chi connectivity index (χ4n) is 3.71. The Labute approximate surface area is 241 Å². The fraction of sp³-hybridized carbons (Fsp3) is 0.483. The van der Waals surface area contributed by atoms with Crippen molar-refractivity contribution >= 4 is 11.9 Å². The van der Waals surface area contributed by atoms with Crippen molar-refractivity contribution in [1.29, 1.82) is 0 Å². The smallest absolute Gasteiger partial charge is 0.427 e. The number of amides is 1. The van der Waals surface area contributed by atoms with Gasteiger partial charge in [0.15, 0.2) is 5.82 Å². The molecule has 8 nitrogen and oxygen atoms in total. The number of hydrogen-bond donors (Lipinski definition) is 1. The summed E-state index contributed by atoms with van der Waals surface area (Å²) < 4.78 is 72.1. The van der Waals surface area contributed by atoms with Crippen LogP contribution in [0.1, 0.15) is 70.7 Å². The van der Waals surface area contributed by atoms with Crippen molar-refractivity contribution in [3.8, 4) is 11.4 Å². The molecule has 0 aliphatic rings. The van der Waals surface area contributed by atoms with Crippen LogP contribution in [0.15, 0.2) is 49.1 Å². The van der Waals surface area contributed by atoms with Crippen molar-refractivity contribution in [3.63, 3.8) is 0 Å². The van der Waals surface area contributed by atoms with E-state index in [1.807, 2.05) is 0 Å². The molecule has 3 aromatic heterocycles. The van der Waals surface area contributed by atoms with Crippen LogP contribution in [0.25, 0.3) is 11.4 Å². The molecule has 13 heteroatoms. The van der Waals surface area contributed by atoms with E-state index in [9.17, 15) is 31.9 Å². The Morgan fingerprint density at radius 3 is 2.05 bits per heavy atom. The summed E-state index contributed by atoms with van der Waals surface area (Å²) >= 11 is 0. The Morgan fingerprint density at radius 2 is 1.50 bits per heavy atom. The van der Waals surface area contributed by atoms with Crippen LogP contribution in [0.4, 0.5) is 32.6 Å². The fourth-order valence-corrected chi connectivity index (χ4v) is 3.71. The second-order valence-corrected chi connectivity index (χ2v) is 11.0. The first-order valence-electron chi connectivity index (χ1n) is 13.3. The minimum Gasteiger partial charge on any atom is -0.433 e. The Hall–Kier alpha value is -3.74. The summed E-state index contributed by atoms with van der Waals surface area (Å²) in [6, 6.07) is 5.90. The van der Waals surface area contributed by atoms with Crippen LogP contribution in [0.2, 0.25) is 0 Å². The van der Waals surface area contributed by atoms with Gasteiger partial charge in [0.25, 0.3) is 5.92 Å². The molecule has 42 heavy (non-hydrogen) atoms. The third kappa shape index (κ3) is 8.63. The van der Waals surface area contributed by atoms with Gasteiger partial charge in [-0.2, -0.15) is 13.2 Å². The van der Waals surface area contributed by atoms with Gasteiger partial charge in [-0.1, -0.05) is 6.42 Å². The van der Waals surface area contributed by atoms with Gasteiger partial charge in [0.2, 0.25) is 5.60 Å². The topological polar surface area (TPSA) is 101 Å². The maximum Gasteiger partial charge on any atom is 0.427 e. The molecule has 0 bridgehead atoms. The average Bonchev–Trinajstić information content (AvgIpc) is 2.89. The van der Waals surface area contributed by atoms with Crippen molar-refractivity contribution < 1.29 is 36.6 Å². The van der Waals surface area contributed by atoms with Gasteiger partial charge in [0.05, 0.1) is 5.60 Å². The molecule has 0 saturated carbocycles. The molecular formula is C29H34F5N5O3. The molecule has 0 saturated heterocycles. The Morgan fingerprint density at radius 1 is 0.857 bits per heavy atom. The van der Waals surface area contributed by atoms with E-state index in [0.29, 0.717) is 42.5 Å². The molecule has 3 aromatic rings. The van der Waals surface area contributed by atoms with Gasteiger partial charge < -0.3 is 9.84 Å². The SMILES string of the molecule is CC(C)(O)c1cnc(-c2ccnc(N(CCCCCc3ccc(C(C)(F)F)cn3)C(=O)OC(C)(C)C(F)(F)F)c2)nc1. The number of carbonyl (C=O) groups is 1. The number of hydrogen-bond acceptors (Lipinski definition) is 7. The number of unbranched alkanes of at least 4 members (excludes halogenated alkanes) is 2. The summed E-state index contributed by atoms with van der Waals surface area (Å²) in [6.45, 7) is 5.48. The lowest BCUT2D eigenvalue weighted by Crippen LogP contribution is -2.47. The number of halogens is 5. The molecule has 0 unspecified atom stereocenters. The van der Waals surface area contributed by atoms with Gasteiger partial charge in [-0.05, 0) is 71.2 Å². The zero-order valence-electron chi connectivity index (χ0n) is 24.0.